The molecule has 30 heavy (non-hydrogen) atoms. The van der Waals surface area contributed by atoms with E-state index in [2.05, 4.69) is 31.1 Å². The van der Waals surface area contributed by atoms with Crippen LogP contribution in [0.1, 0.15) is 10.6 Å². The average molecular weight is 402 g/mol. The summed E-state index contributed by atoms with van der Waals surface area (Å²) in [5.74, 6) is 0.695. The fourth-order valence-corrected chi connectivity index (χ4v) is 2.75. The molecule has 0 aliphatic carbocycles. The van der Waals surface area contributed by atoms with Crippen molar-refractivity contribution < 1.29 is 9.21 Å². The van der Waals surface area contributed by atoms with Gasteiger partial charge in [0, 0.05) is 37.2 Å². The van der Waals surface area contributed by atoms with Gasteiger partial charge >= 0.3 is 0 Å². The Balaban J connectivity index is 1.28. The summed E-state index contributed by atoms with van der Waals surface area (Å²) in [4.78, 5) is 28.3. The second-order valence-electron chi connectivity index (χ2n) is 6.32. The predicted octanol–water partition coefficient (Wildman–Crippen LogP) is 2.56. The molecule has 0 aliphatic heterocycles. The van der Waals surface area contributed by atoms with Gasteiger partial charge in [0.2, 0.25) is 0 Å². The maximum Gasteiger partial charge on any atom is 0.287 e. The van der Waals surface area contributed by atoms with E-state index in [1.807, 2.05) is 12.1 Å². The molecule has 0 unspecified atom stereocenters. The quantitative estimate of drug-likeness (QED) is 0.403. The number of aromatic nitrogens is 3. The number of para-hydroxylation sites is 1. The second-order valence-corrected chi connectivity index (χ2v) is 6.32. The molecule has 0 atom stereocenters. The lowest BCUT2D eigenvalue weighted by atomic mass is 10.2. The van der Waals surface area contributed by atoms with Gasteiger partial charge in [-0.2, -0.15) is 0 Å². The molecule has 1 aromatic carbocycles. The van der Waals surface area contributed by atoms with Gasteiger partial charge in [-0.25, -0.2) is 0 Å². The van der Waals surface area contributed by atoms with Crippen LogP contribution in [0, 0.1) is 0 Å². The van der Waals surface area contributed by atoms with Crippen LogP contribution in [0.5, 0.6) is 0 Å². The maximum absolute atomic E-state index is 12.3. The van der Waals surface area contributed by atoms with E-state index in [4.69, 9.17) is 4.42 Å². The number of rotatable bonds is 7. The van der Waals surface area contributed by atoms with E-state index < -0.39 is 5.91 Å². The van der Waals surface area contributed by atoms with Gasteiger partial charge in [-0.1, -0.05) is 12.1 Å². The second kappa shape index (κ2) is 8.82. The normalized spacial score (nSPS) is 10.5. The number of anilines is 3. The Morgan fingerprint density at radius 1 is 0.933 bits per heavy atom. The van der Waals surface area contributed by atoms with Crippen LogP contribution in [-0.4, -0.2) is 34.2 Å². The van der Waals surface area contributed by atoms with Crippen molar-refractivity contribution in [3.63, 3.8) is 0 Å². The minimum Gasteiger partial charge on any atom is -0.451 e. The Hall–Kier alpha value is -4.27. The van der Waals surface area contributed by atoms with Crippen molar-refractivity contribution in [3.05, 3.63) is 83.0 Å². The Morgan fingerprint density at radius 2 is 1.70 bits per heavy atom. The first-order chi connectivity index (χ1) is 14.7. The minimum absolute atomic E-state index is 0.0231. The number of nitrogens with zero attached hydrogens (tertiary/aromatic N) is 3. The Bertz CT molecular complexity index is 1210. The molecule has 1 amide bonds. The lowest BCUT2D eigenvalue weighted by Gasteiger charge is -2.08. The van der Waals surface area contributed by atoms with Crippen LogP contribution < -0.4 is 21.4 Å². The average Bonchev–Trinajstić information content (AvgIpc) is 2.78. The molecule has 0 spiro atoms. The third-order valence-electron chi connectivity index (χ3n) is 4.19. The predicted molar refractivity (Wildman–Crippen MR) is 113 cm³/mol. The lowest BCUT2D eigenvalue weighted by molar-refractivity contribution is 0.0928. The molecule has 3 heterocycles. The van der Waals surface area contributed by atoms with E-state index in [-0.39, 0.29) is 11.2 Å². The van der Waals surface area contributed by atoms with Gasteiger partial charge in [-0.05, 0) is 36.4 Å². The van der Waals surface area contributed by atoms with Crippen molar-refractivity contribution >= 4 is 34.2 Å². The van der Waals surface area contributed by atoms with Gasteiger partial charge < -0.3 is 20.4 Å². The van der Waals surface area contributed by atoms with Gasteiger partial charge in [-0.15, -0.1) is 10.2 Å². The first kappa shape index (κ1) is 19.1. The summed E-state index contributed by atoms with van der Waals surface area (Å²) in [6, 6.07) is 15.2. The number of benzene rings is 1. The van der Waals surface area contributed by atoms with Crippen LogP contribution in [0.25, 0.3) is 11.0 Å². The summed E-state index contributed by atoms with van der Waals surface area (Å²) in [7, 11) is 0. The third-order valence-corrected chi connectivity index (χ3v) is 4.19. The Labute approximate surface area is 171 Å². The molecule has 0 saturated heterocycles. The van der Waals surface area contributed by atoms with Crippen molar-refractivity contribution in [3.8, 4) is 0 Å². The standard InChI is InChI=1S/C21H18N6O3/c28-16-13-18(30-17-4-2-1-3-15(16)17)21(29)24-12-11-23-19-5-6-20(27-26-19)25-14-7-9-22-10-8-14/h1-10,13H,11-12H2,(H,23,26)(H,24,29)(H,22,25,27). The first-order valence-corrected chi connectivity index (χ1v) is 9.25. The van der Waals surface area contributed by atoms with Gasteiger partial charge in [0.25, 0.3) is 5.91 Å². The molecule has 0 saturated carbocycles. The molecule has 0 bridgehead atoms. The summed E-state index contributed by atoms with van der Waals surface area (Å²) >= 11 is 0. The van der Waals surface area contributed by atoms with Crippen molar-refractivity contribution in [2.75, 3.05) is 23.7 Å². The van der Waals surface area contributed by atoms with Gasteiger partial charge in [0.1, 0.15) is 11.4 Å². The molecule has 150 valence electrons. The topological polar surface area (TPSA) is 122 Å². The fraction of sp³-hybridized carbons (Fsp3) is 0.0952. The van der Waals surface area contributed by atoms with Crippen LogP contribution in [0.3, 0.4) is 0 Å². The summed E-state index contributed by atoms with van der Waals surface area (Å²) in [5, 5.41) is 17.5. The van der Waals surface area contributed by atoms with E-state index in [0.717, 1.165) is 5.69 Å². The van der Waals surface area contributed by atoms with Gasteiger partial charge in [0.05, 0.1) is 5.39 Å². The van der Waals surface area contributed by atoms with Gasteiger partial charge in [-0.3, -0.25) is 14.6 Å². The highest BCUT2D eigenvalue weighted by Crippen LogP contribution is 2.13. The molecule has 4 aromatic rings. The zero-order valence-electron chi connectivity index (χ0n) is 15.8. The molecule has 0 radical (unpaired) electrons. The molecular formula is C21H18N6O3. The molecule has 3 N–H and O–H groups in total. The van der Waals surface area contributed by atoms with Crippen molar-refractivity contribution in [1.82, 2.24) is 20.5 Å². The van der Waals surface area contributed by atoms with Gasteiger partial charge in [0.15, 0.2) is 17.0 Å². The smallest absolute Gasteiger partial charge is 0.287 e. The highest BCUT2D eigenvalue weighted by Gasteiger charge is 2.11. The third kappa shape index (κ3) is 4.58. The molecular weight excluding hydrogens is 384 g/mol. The summed E-state index contributed by atoms with van der Waals surface area (Å²) < 4.78 is 5.52. The van der Waals surface area contributed by atoms with E-state index >= 15 is 0 Å². The van der Waals surface area contributed by atoms with Crippen LogP contribution in [0.2, 0.25) is 0 Å². The number of carbonyl (C=O) groups is 1. The molecule has 9 heteroatoms. The number of carbonyl (C=O) groups excluding carboxylic acids is 1. The van der Waals surface area contributed by atoms with E-state index in [1.54, 1.807) is 48.8 Å². The highest BCUT2D eigenvalue weighted by molar-refractivity contribution is 5.93. The Morgan fingerprint density at radius 3 is 2.50 bits per heavy atom. The molecule has 4 rings (SSSR count). The monoisotopic (exact) mass is 402 g/mol. The van der Waals surface area contributed by atoms with Crippen LogP contribution in [0.15, 0.2) is 76.2 Å². The summed E-state index contributed by atoms with van der Waals surface area (Å²) in [6.07, 6.45) is 3.37. The Kier molecular flexibility index (Phi) is 5.61. The molecule has 0 aliphatic rings. The highest BCUT2D eigenvalue weighted by atomic mass is 16.3. The fourth-order valence-electron chi connectivity index (χ4n) is 2.75. The van der Waals surface area contributed by atoms with Crippen molar-refractivity contribution in [1.29, 1.82) is 0 Å². The summed E-state index contributed by atoms with van der Waals surface area (Å²) in [5.41, 5.74) is 0.989. The SMILES string of the molecule is O=C(NCCNc1ccc(Nc2ccncc2)nn1)c1cc(=O)c2ccccc2o1. The summed E-state index contributed by atoms with van der Waals surface area (Å²) in [6.45, 7) is 0.740. The van der Waals surface area contributed by atoms with Crippen LogP contribution in [-0.2, 0) is 0 Å². The first-order valence-electron chi connectivity index (χ1n) is 9.25. The molecule has 9 nitrogen and oxygen atoms in total. The number of amides is 1. The number of pyridine rings is 1. The van der Waals surface area contributed by atoms with E-state index in [0.29, 0.717) is 35.7 Å². The zero-order chi connectivity index (χ0) is 20.8. The number of nitrogens with one attached hydrogen (secondary N) is 3. The number of hydrogen-bond donors (Lipinski definition) is 3. The van der Waals surface area contributed by atoms with Crippen molar-refractivity contribution in [2.24, 2.45) is 0 Å². The van der Waals surface area contributed by atoms with Crippen LogP contribution in [0.4, 0.5) is 17.3 Å². The van der Waals surface area contributed by atoms with Crippen molar-refractivity contribution in [2.45, 2.75) is 0 Å². The zero-order valence-corrected chi connectivity index (χ0v) is 15.8. The number of fused-ring (bicyclic) bond motifs is 1. The molecule has 0 fully saturated rings. The number of hydrogen-bond acceptors (Lipinski definition) is 8. The van der Waals surface area contributed by atoms with Crippen LogP contribution >= 0.6 is 0 Å². The minimum atomic E-state index is -0.456. The molecule has 3 aromatic heterocycles. The maximum atomic E-state index is 12.3. The lowest BCUT2D eigenvalue weighted by Crippen LogP contribution is -2.29. The van der Waals surface area contributed by atoms with E-state index in [1.165, 1.54) is 6.07 Å². The largest absolute Gasteiger partial charge is 0.451 e. The van der Waals surface area contributed by atoms with E-state index in [9.17, 15) is 9.59 Å².